The summed E-state index contributed by atoms with van der Waals surface area (Å²) in [4.78, 5) is 12.1. The van der Waals surface area contributed by atoms with Crippen molar-refractivity contribution in [2.45, 2.75) is 18.8 Å². The summed E-state index contributed by atoms with van der Waals surface area (Å²) in [7, 11) is 0. The average molecular weight is 257 g/mol. The van der Waals surface area contributed by atoms with Gasteiger partial charge in [0.05, 0.1) is 0 Å². The number of Topliss-reactive ketones (excluding diaryl/α,β-unsaturated/α-hetero) is 1. The Morgan fingerprint density at radius 3 is 2.50 bits per heavy atom. The first kappa shape index (κ1) is 11.5. The van der Waals surface area contributed by atoms with E-state index in [9.17, 15) is 4.79 Å². The van der Waals surface area contributed by atoms with E-state index < -0.39 is 0 Å². The van der Waals surface area contributed by atoms with E-state index in [1.54, 1.807) is 0 Å². The molecule has 0 radical (unpaired) electrons. The van der Waals surface area contributed by atoms with E-state index in [1.165, 1.54) is 0 Å². The molecule has 1 aliphatic rings. The molecule has 0 fully saturated rings. The third-order valence-corrected chi connectivity index (χ3v) is 3.91. The van der Waals surface area contributed by atoms with Gasteiger partial charge in [-0.3, -0.25) is 4.79 Å². The molecule has 0 saturated carbocycles. The maximum absolute atomic E-state index is 12.1. The van der Waals surface area contributed by atoms with E-state index in [-0.39, 0.29) is 11.7 Å². The number of halogens is 1. The van der Waals surface area contributed by atoms with Crippen LogP contribution in [0.3, 0.4) is 0 Å². The van der Waals surface area contributed by atoms with Gasteiger partial charge >= 0.3 is 0 Å². The summed E-state index contributed by atoms with van der Waals surface area (Å²) in [6, 6.07) is 15.7. The molecule has 3 rings (SSSR count). The molecule has 18 heavy (non-hydrogen) atoms. The van der Waals surface area contributed by atoms with Gasteiger partial charge in [0.2, 0.25) is 0 Å². The minimum absolute atomic E-state index is 0.209. The van der Waals surface area contributed by atoms with Gasteiger partial charge in [-0.2, -0.15) is 0 Å². The van der Waals surface area contributed by atoms with Gasteiger partial charge in [-0.15, -0.1) is 0 Å². The molecule has 2 aromatic rings. The smallest absolute Gasteiger partial charge is 0.163 e. The van der Waals surface area contributed by atoms with Crippen molar-refractivity contribution in [1.29, 1.82) is 0 Å². The zero-order chi connectivity index (χ0) is 12.5. The Kier molecular flexibility index (Phi) is 2.92. The van der Waals surface area contributed by atoms with Crippen LogP contribution in [0.5, 0.6) is 0 Å². The Labute approximate surface area is 111 Å². The van der Waals surface area contributed by atoms with Crippen LogP contribution in [-0.4, -0.2) is 5.78 Å². The summed E-state index contributed by atoms with van der Waals surface area (Å²) in [5, 5.41) is 0.759. The Bertz CT molecular complexity index is 604. The van der Waals surface area contributed by atoms with Crippen LogP contribution in [0.25, 0.3) is 0 Å². The summed E-state index contributed by atoms with van der Waals surface area (Å²) in [5.41, 5.74) is 3.10. The predicted octanol–water partition coefficient (Wildman–Crippen LogP) is 4.25. The number of fused-ring (bicyclic) bond motifs is 1. The topological polar surface area (TPSA) is 17.1 Å². The van der Waals surface area contributed by atoms with Gasteiger partial charge < -0.3 is 0 Å². The standard InChI is InChI=1S/C16H13ClO/c17-15-8-4-3-6-13(15)12-9-11-5-1-2-7-14(11)16(18)10-12/h1-8,12H,9-10H2. The van der Waals surface area contributed by atoms with Crippen LogP contribution in [0.15, 0.2) is 48.5 Å². The lowest BCUT2D eigenvalue weighted by atomic mass is 9.79. The maximum atomic E-state index is 12.1. The summed E-state index contributed by atoms with van der Waals surface area (Å²) in [5.74, 6) is 0.433. The molecule has 0 aliphatic heterocycles. The van der Waals surface area contributed by atoms with Crippen molar-refractivity contribution < 1.29 is 4.79 Å². The van der Waals surface area contributed by atoms with Crippen LogP contribution in [-0.2, 0) is 6.42 Å². The highest BCUT2D eigenvalue weighted by Gasteiger charge is 2.26. The molecule has 90 valence electrons. The van der Waals surface area contributed by atoms with Gasteiger partial charge in [0, 0.05) is 17.0 Å². The largest absolute Gasteiger partial charge is 0.294 e. The lowest BCUT2D eigenvalue weighted by molar-refractivity contribution is 0.0964. The van der Waals surface area contributed by atoms with Gasteiger partial charge in [0.1, 0.15) is 0 Å². The Morgan fingerprint density at radius 2 is 1.67 bits per heavy atom. The molecular formula is C16H13ClO. The third kappa shape index (κ3) is 1.95. The quantitative estimate of drug-likeness (QED) is 0.745. The molecule has 1 nitrogen and oxygen atoms in total. The first-order valence-corrected chi connectivity index (χ1v) is 6.49. The van der Waals surface area contributed by atoms with Gasteiger partial charge in [-0.05, 0) is 29.5 Å². The summed E-state index contributed by atoms with van der Waals surface area (Å²) < 4.78 is 0. The van der Waals surface area contributed by atoms with E-state index in [0.29, 0.717) is 6.42 Å². The van der Waals surface area contributed by atoms with Crippen LogP contribution in [0.4, 0.5) is 0 Å². The Hall–Kier alpha value is -1.60. The fraction of sp³-hybridized carbons (Fsp3) is 0.188. The minimum Gasteiger partial charge on any atom is -0.294 e. The lowest BCUT2D eigenvalue weighted by Gasteiger charge is -2.24. The van der Waals surface area contributed by atoms with E-state index in [4.69, 9.17) is 11.6 Å². The third-order valence-electron chi connectivity index (χ3n) is 3.56. The molecule has 0 spiro atoms. The van der Waals surface area contributed by atoms with Crippen molar-refractivity contribution in [3.8, 4) is 0 Å². The molecule has 0 amide bonds. The second-order valence-corrected chi connectivity index (χ2v) is 5.11. The molecule has 0 aromatic heterocycles. The number of carbonyl (C=O) groups is 1. The van der Waals surface area contributed by atoms with Gasteiger partial charge in [0.25, 0.3) is 0 Å². The van der Waals surface area contributed by atoms with E-state index in [1.807, 2.05) is 48.5 Å². The van der Waals surface area contributed by atoms with Crippen molar-refractivity contribution in [3.63, 3.8) is 0 Å². The van der Waals surface area contributed by atoms with Crippen molar-refractivity contribution in [3.05, 3.63) is 70.2 Å². The van der Waals surface area contributed by atoms with Crippen LogP contribution in [0.1, 0.15) is 33.8 Å². The average Bonchev–Trinajstić information content (AvgIpc) is 2.39. The number of ketones is 1. The zero-order valence-corrected chi connectivity index (χ0v) is 10.7. The second-order valence-electron chi connectivity index (χ2n) is 4.71. The van der Waals surface area contributed by atoms with Crippen LogP contribution < -0.4 is 0 Å². The van der Waals surface area contributed by atoms with Gasteiger partial charge in [-0.1, -0.05) is 54.1 Å². The molecule has 1 aliphatic carbocycles. The molecule has 2 heteroatoms. The number of hydrogen-bond acceptors (Lipinski definition) is 1. The van der Waals surface area contributed by atoms with E-state index in [2.05, 4.69) is 0 Å². The first-order valence-electron chi connectivity index (χ1n) is 6.11. The van der Waals surface area contributed by atoms with Gasteiger partial charge in [0.15, 0.2) is 5.78 Å². The molecule has 1 atom stereocenters. The molecule has 1 unspecified atom stereocenters. The number of rotatable bonds is 1. The van der Waals surface area contributed by atoms with Crippen molar-refractivity contribution >= 4 is 17.4 Å². The monoisotopic (exact) mass is 256 g/mol. The second kappa shape index (κ2) is 4.58. The van der Waals surface area contributed by atoms with Gasteiger partial charge in [-0.25, -0.2) is 0 Å². The highest BCUT2D eigenvalue weighted by atomic mass is 35.5. The van der Waals surface area contributed by atoms with Crippen molar-refractivity contribution in [2.75, 3.05) is 0 Å². The van der Waals surface area contributed by atoms with Crippen LogP contribution in [0.2, 0.25) is 5.02 Å². The first-order chi connectivity index (χ1) is 8.75. The molecule has 0 saturated heterocycles. The van der Waals surface area contributed by atoms with Crippen molar-refractivity contribution in [2.24, 2.45) is 0 Å². The molecular weight excluding hydrogens is 244 g/mol. The lowest BCUT2D eigenvalue weighted by Crippen LogP contribution is -2.18. The Morgan fingerprint density at radius 1 is 0.944 bits per heavy atom. The number of benzene rings is 2. The highest BCUT2D eigenvalue weighted by molar-refractivity contribution is 6.31. The molecule has 2 aromatic carbocycles. The zero-order valence-electron chi connectivity index (χ0n) is 9.90. The number of hydrogen-bond donors (Lipinski definition) is 0. The fourth-order valence-corrected chi connectivity index (χ4v) is 2.96. The Balaban J connectivity index is 2.00. The minimum atomic E-state index is 0.209. The fourth-order valence-electron chi connectivity index (χ4n) is 2.67. The van der Waals surface area contributed by atoms with E-state index >= 15 is 0 Å². The SMILES string of the molecule is O=C1CC(c2ccccc2Cl)Cc2ccccc21. The highest BCUT2D eigenvalue weighted by Crippen LogP contribution is 2.35. The summed E-state index contributed by atoms with van der Waals surface area (Å²) in [6.07, 6.45) is 1.45. The molecule has 0 N–H and O–H groups in total. The van der Waals surface area contributed by atoms with E-state index in [0.717, 1.165) is 28.1 Å². The molecule has 0 bridgehead atoms. The summed E-state index contributed by atoms with van der Waals surface area (Å²) in [6.45, 7) is 0. The summed E-state index contributed by atoms with van der Waals surface area (Å²) >= 11 is 6.22. The van der Waals surface area contributed by atoms with Crippen molar-refractivity contribution in [1.82, 2.24) is 0 Å². The normalized spacial score (nSPS) is 18.5. The maximum Gasteiger partial charge on any atom is 0.163 e. The molecule has 0 heterocycles. The van der Waals surface area contributed by atoms with Crippen LogP contribution in [0, 0.1) is 0 Å². The van der Waals surface area contributed by atoms with Crippen LogP contribution >= 0.6 is 11.6 Å². The number of carbonyl (C=O) groups excluding carboxylic acids is 1. The predicted molar refractivity (Wildman–Crippen MR) is 73.3 cm³/mol.